The lowest BCUT2D eigenvalue weighted by atomic mass is 10.1. The minimum Gasteiger partial charge on any atom is -0.484 e. The summed E-state index contributed by atoms with van der Waals surface area (Å²) in [5.74, 6) is 0.117. The largest absolute Gasteiger partial charge is 0.484 e. The van der Waals surface area contributed by atoms with Gasteiger partial charge in [0.25, 0.3) is 5.91 Å². The van der Waals surface area contributed by atoms with Crippen molar-refractivity contribution in [1.82, 2.24) is 20.2 Å². The van der Waals surface area contributed by atoms with Crippen LogP contribution in [-0.2, 0) is 4.79 Å². The molecule has 1 amide bonds. The average Bonchev–Trinajstić information content (AvgIpc) is 3.21. The lowest BCUT2D eigenvalue weighted by molar-refractivity contribution is -0.118. The predicted molar refractivity (Wildman–Crippen MR) is 100 cm³/mol. The highest BCUT2D eigenvalue weighted by Crippen LogP contribution is 2.22. The molecule has 0 saturated carbocycles. The van der Waals surface area contributed by atoms with Crippen LogP contribution in [0.3, 0.4) is 0 Å². The van der Waals surface area contributed by atoms with Crippen LogP contribution in [0.2, 0.25) is 0 Å². The van der Waals surface area contributed by atoms with Gasteiger partial charge in [-0.05, 0) is 59.3 Å². The molecular formula is C19H15N5O4. The van der Waals surface area contributed by atoms with E-state index in [-0.39, 0.29) is 12.5 Å². The number of nitrogens with one attached hydrogen (secondary N) is 1. The minimum atomic E-state index is -0.426. The number of fused-ring (bicyclic) bond motifs is 1. The third kappa shape index (κ3) is 3.73. The molecule has 140 valence electrons. The first-order valence-corrected chi connectivity index (χ1v) is 8.39. The van der Waals surface area contributed by atoms with Crippen molar-refractivity contribution in [2.45, 2.75) is 6.92 Å². The first-order chi connectivity index (χ1) is 13.6. The molecule has 4 rings (SSSR count). The van der Waals surface area contributed by atoms with Gasteiger partial charge in [-0.3, -0.25) is 4.79 Å². The zero-order valence-corrected chi connectivity index (χ0v) is 14.8. The van der Waals surface area contributed by atoms with Crippen molar-refractivity contribution < 1.29 is 13.9 Å². The fraction of sp³-hybridized carbons (Fsp3) is 0.105. The molecule has 0 aliphatic heterocycles. The van der Waals surface area contributed by atoms with E-state index in [9.17, 15) is 9.59 Å². The van der Waals surface area contributed by atoms with E-state index in [0.717, 1.165) is 16.6 Å². The number of hydrogen-bond donors (Lipinski definition) is 1. The average molecular weight is 377 g/mol. The van der Waals surface area contributed by atoms with Crippen LogP contribution in [0, 0.1) is 6.92 Å². The van der Waals surface area contributed by atoms with E-state index in [2.05, 4.69) is 20.8 Å². The zero-order chi connectivity index (χ0) is 19.5. The van der Waals surface area contributed by atoms with Gasteiger partial charge in [0.1, 0.15) is 17.7 Å². The molecule has 9 heteroatoms. The van der Waals surface area contributed by atoms with Gasteiger partial charge in [0.05, 0.1) is 5.69 Å². The standard InChI is InChI=1S/C19H15N5O4/c1-12-8-19(26)28-17-9-15(6-7-16(12)17)27-10-18(25)21-13-2-4-14(5-3-13)24-11-20-22-23-24/h2-9,11H,10H2,1H3,(H,21,25). The lowest BCUT2D eigenvalue weighted by Crippen LogP contribution is -2.20. The minimum absolute atomic E-state index is 0.184. The maximum Gasteiger partial charge on any atom is 0.336 e. The number of amides is 1. The van der Waals surface area contributed by atoms with E-state index in [0.29, 0.717) is 17.0 Å². The number of aryl methyl sites for hydroxylation is 1. The Bertz CT molecular complexity index is 1180. The highest BCUT2D eigenvalue weighted by molar-refractivity contribution is 5.92. The highest BCUT2D eigenvalue weighted by Gasteiger charge is 2.07. The van der Waals surface area contributed by atoms with Gasteiger partial charge in [0, 0.05) is 23.2 Å². The van der Waals surface area contributed by atoms with Gasteiger partial charge in [0.15, 0.2) is 6.61 Å². The molecule has 0 bridgehead atoms. The summed E-state index contributed by atoms with van der Waals surface area (Å²) in [4.78, 5) is 23.6. The molecule has 2 heterocycles. The van der Waals surface area contributed by atoms with Crippen LogP contribution >= 0.6 is 0 Å². The second-order valence-electron chi connectivity index (χ2n) is 6.04. The van der Waals surface area contributed by atoms with Gasteiger partial charge in [-0.1, -0.05) is 0 Å². The van der Waals surface area contributed by atoms with E-state index in [1.54, 1.807) is 42.5 Å². The summed E-state index contributed by atoms with van der Waals surface area (Å²) >= 11 is 0. The summed E-state index contributed by atoms with van der Waals surface area (Å²) in [6.45, 7) is 1.65. The highest BCUT2D eigenvalue weighted by atomic mass is 16.5. The van der Waals surface area contributed by atoms with E-state index < -0.39 is 5.63 Å². The Morgan fingerprint density at radius 3 is 2.75 bits per heavy atom. The van der Waals surface area contributed by atoms with E-state index in [1.165, 1.54) is 17.1 Å². The number of tetrazole rings is 1. The van der Waals surface area contributed by atoms with Gasteiger partial charge < -0.3 is 14.5 Å². The summed E-state index contributed by atoms with van der Waals surface area (Å²) < 4.78 is 12.2. The van der Waals surface area contributed by atoms with Crippen molar-refractivity contribution in [3.63, 3.8) is 0 Å². The number of carbonyl (C=O) groups is 1. The fourth-order valence-electron chi connectivity index (χ4n) is 2.72. The normalized spacial score (nSPS) is 10.8. The van der Waals surface area contributed by atoms with Gasteiger partial charge >= 0.3 is 5.63 Å². The predicted octanol–water partition coefficient (Wildman–Crippen LogP) is 2.09. The Balaban J connectivity index is 1.39. The van der Waals surface area contributed by atoms with Crippen molar-refractivity contribution in [3.8, 4) is 11.4 Å². The lowest BCUT2D eigenvalue weighted by Gasteiger charge is -2.09. The molecule has 9 nitrogen and oxygen atoms in total. The quantitative estimate of drug-likeness (QED) is 0.530. The Morgan fingerprint density at radius 2 is 2.00 bits per heavy atom. The molecule has 0 aliphatic rings. The number of benzene rings is 2. The van der Waals surface area contributed by atoms with Gasteiger partial charge in [-0.15, -0.1) is 5.10 Å². The second kappa shape index (κ2) is 7.31. The number of rotatable bonds is 5. The third-order valence-corrected chi connectivity index (χ3v) is 4.06. The molecule has 0 atom stereocenters. The molecule has 2 aromatic carbocycles. The molecule has 0 unspecified atom stereocenters. The van der Waals surface area contributed by atoms with Crippen LogP contribution < -0.4 is 15.7 Å². The van der Waals surface area contributed by atoms with Crippen LogP contribution in [0.15, 0.2) is 64.1 Å². The molecule has 28 heavy (non-hydrogen) atoms. The second-order valence-corrected chi connectivity index (χ2v) is 6.04. The first-order valence-electron chi connectivity index (χ1n) is 8.39. The molecule has 0 fully saturated rings. The maximum atomic E-state index is 12.1. The number of ether oxygens (including phenoxy) is 1. The number of carbonyl (C=O) groups excluding carboxylic acids is 1. The SMILES string of the molecule is Cc1cc(=O)oc2cc(OCC(=O)Nc3ccc(-n4cnnn4)cc3)ccc12. The molecule has 0 radical (unpaired) electrons. The van der Waals surface area contributed by atoms with Crippen LogP contribution in [0.1, 0.15) is 5.56 Å². The van der Waals surface area contributed by atoms with E-state index >= 15 is 0 Å². The molecule has 0 saturated heterocycles. The summed E-state index contributed by atoms with van der Waals surface area (Å²) in [7, 11) is 0. The third-order valence-electron chi connectivity index (χ3n) is 4.06. The fourth-order valence-corrected chi connectivity index (χ4v) is 2.72. The maximum absolute atomic E-state index is 12.1. The zero-order valence-electron chi connectivity index (χ0n) is 14.8. The molecule has 2 aromatic heterocycles. The van der Waals surface area contributed by atoms with Crippen LogP contribution in [0.5, 0.6) is 5.75 Å². The van der Waals surface area contributed by atoms with Crippen LogP contribution in [0.25, 0.3) is 16.7 Å². The van der Waals surface area contributed by atoms with Crippen LogP contribution in [-0.4, -0.2) is 32.7 Å². The smallest absolute Gasteiger partial charge is 0.336 e. The Hall–Kier alpha value is -4.01. The topological polar surface area (TPSA) is 112 Å². The van der Waals surface area contributed by atoms with E-state index in [1.807, 2.05) is 6.92 Å². The summed E-state index contributed by atoms with van der Waals surface area (Å²) in [6, 6.07) is 13.6. The number of hydrogen-bond acceptors (Lipinski definition) is 7. The Morgan fingerprint density at radius 1 is 1.18 bits per heavy atom. The first kappa shape index (κ1) is 17.4. The van der Waals surface area contributed by atoms with Gasteiger partial charge in [0.2, 0.25) is 0 Å². The summed E-state index contributed by atoms with van der Waals surface area (Å²) in [5.41, 5.74) is 2.20. The summed E-state index contributed by atoms with van der Waals surface area (Å²) in [6.07, 6.45) is 1.48. The molecular weight excluding hydrogens is 362 g/mol. The number of anilines is 1. The van der Waals surface area contributed by atoms with Gasteiger partial charge in [-0.25, -0.2) is 9.48 Å². The number of aromatic nitrogens is 4. The molecule has 0 aliphatic carbocycles. The Kier molecular flexibility index (Phi) is 4.55. The number of nitrogens with zero attached hydrogens (tertiary/aromatic N) is 4. The van der Waals surface area contributed by atoms with Gasteiger partial charge in [-0.2, -0.15) is 0 Å². The molecule has 1 N–H and O–H groups in total. The van der Waals surface area contributed by atoms with Crippen molar-refractivity contribution in [1.29, 1.82) is 0 Å². The molecule has 0 spiro atoms. The molecule has 4 aromatic rings. The van der Waals surface area contributed by atoms with Crippen molar-refractivity contribution in [2.24, 2.45) is 0 Å². The summed E-state index contributed by atoms with van der Waals surface area (Å²) in [5, 5.41) is 14.5. The van der Waals surface area contributed by atoms with Crippen molar-refractivity contribution >= 4 is 22.6 Å². The van der Waals surface area contributed by atoms with Crippen molar-refractivity contribution in [3.05, 3.63) is 70.8 Å². The van der Waals surface area contributed by atoms with Crippen LogP contribution in [0.4, 0.5) is 5.69 Å². The Labute approximate surface area is 158 Å². The van der Waals surface area contributed by atoms with E-state index in [4.69, 9.17) is 9.15 Å². The monoisotopic (exact) mass is 377 g/mol. The van der Waals surface area contributed by atoms with Crippen molar-refractivity contribution in [2.75, 3.05) is 11.9 Å².